The lowest BCUT2D eigenvalue weighted by atomic mass is 9.88. The van der Waals surface area contributed by atoms with E-state index in [-0.39, 0.29) is 43.3 Å². The molecule has 8 N–H and O–H groups in total. The molecule has 0 amide bonds. The lowest BCUT2D eigenvalue weighted by Gasteiger charge is -2.42. The van der Waals surface area contributed by atoms with Crippen molar-refractivity contribution in [1.29, 1.82) is 0 Å². The fourth-order valence-electron chi connectivity index (χ4n) is 4.22. The summed E-state index contributed by atoms with van der Waals surface area (Å²) < 4.78 is 42.6. The monoisotopic (exact) mass is 492 g/mol. The number of hydrogen-bond donors (Lipinski definition) is 6. The fraction of sp³-hybridized carbons (Fsp3) is 0.421. The number of nitrogen functional groups attached to an aromatic ring is 2. The van der Waals surface area contributed by atoms with Crippen molar-refractivity contribution in [2.24, 2.45) is 0 Å². The van der Waals surface area contributed by atoms with Crippen LogP contribution in [0.3, 0.4) is 0 Å². The normalized spacial score (nSPS) is 26.5. The van der Waals surface area contributed by atoms with Gasteiger partial charge in [0, 0.05) is 17.8 Å². The Balaban J connectivity index is 1.30. The lowest BCUT2D eigenvalue weighted by molar-refractivity contribution is -0.107. The number of anilines is 2. The van der Waals surface area contributed by atoms with Gasteiger partial charge in [-0.1, -0.05) is 18.2 Å². The largest absolute Gasteiger partial charge is 0.398 e. The van der Waals surface area contributed by atoms with Crippen molar-refractivity contribution in [2.75, 3.05) is 37.8 Å². The number of benzene rings is 1. The third-order valence-corrected chi connectivity index (χ3v) is 7.30. The van der Waals surface area contributed by atoms with Gasteiger partial charge in [0.15, 0.2) is 17.2 Å². The maximum Gasteiger partial charge on any atom is 0.277 e. The molecule has 182 valence electrons. The van der Waals surface area contributed by atoms with E-state index in [9.17, 15) is 18.6 Å². The van der Waals surface area contributed by atoms with Crippen LogP contribution in [-0.2, 0) is 30.9 Å². The summed E-state index contributed by atoms with van der Waals surface area (Å²) in [5.41, 5.74) is 10.4. The fourth-order valence-corrected chi connectivity index (χ4v) is 5.41. The molecule has 1 aromatic carbocycles. The number of nitrogens with two attached hydrogens (primary N) is 2. The highest BCUT2D eigenvalue weighted by Gasteiger charge is 2.51. The summed E-state index contributed by atoms with van der Waals surface area (Å²) in [6, 6.07) is 6.92. The Morgan fingerprint density at radius 3 is 2.65 bits per heavy atom. The van der Waals surface area contributed by atoms with Gasteiger partial charge in [-0.2, -0.15) is 17.9 Å². The summed E-state index contributed by atoms with van der Waals surface area (Å²) in [6.07, 6.45) is -0.0951. The molecule has 14 nitrogen and oxygen atoms in total. The molecule has 2 saturated heterocycles. The number of aliphatic hydroxyl groups excluding tert-OH is 1. The Labute approximate surface area is 194 Å². The highest BCUT2D eigenvalue weighted by molar-refractivity contribution is 7.87. The number of aliphatic hydroxyl groups is 2. The third kappa shape index (κ3) is 3.67. The number of nitrogens with zero attached hydrogens (tertiary/aromatic N) is 4. The molecule has 5 rings (SSSR count). The SMILES string of the molecule is Nc1ccccc1C1(NS(=O)(=O)NC[C@H]2OC[C@](O)(n3cnc4c(N)ncnc43)[C@@H]2O)COC1. The molecule has 0 saturated carbocycles. The number of imidazole rings is 1. The number of nitrogens with one attached hydrogen (secondary N) is 2. The Hall–Kier alpha value is -2.92. The molecule has 2 aliphatic rings. The Kier molecular flexibility index (Phi) is 5.44. The van der Waals surface area contributed by atoms with Crippen LogP contribution in [-0.4, -0.2) is 76.7 Å². The second-order valence-electron chi connectivity index (χ2n) is 8.33. The van der Waals surface area contributed by atoms with Gasteiger partial charge in [0.25, 0.3) is 10.2 Å². The van der Waals surface area contributed by atoms with Crippen molar-refractivity contribution in [3.05, 3.63) is 42.5 Å². The van der Waals surface area contributed by atoms with E-state index in [1.54, 1.807) is 24.3 Å². The summed E-state index contributed by atoms with van der Waals surface area (Å²) >= 11 is 0. The molecule has 0 bridgehead atoms. The average molecular weight is 493 g/mol. The van der Waals surface area contributed by atoms with E-state index in [1.165, 1.54) is 17.2 Å². The first-order chi connectivity index (χ1) is 16.2. The molecular weight excluding hydrogens is 468 g/mol. The van der Waals surface area contributed by atoms with Crippen LogP contribution in [0.2, 0.25) is 0 Å². The number of ether oxygens (including phenoxy) is 2. The Morgan fingerprint density at radius 2 is 1.94 bits per heavy atom. The van der Waals surface area contributed by atoms with Gasteiger partial charge in [-0.05, 0) is 6.07 Å². The van der Waals surface area contributed by atoms with E-state index in [1.807, 2.05) is 0 Å². The number of para-hydroxylation sites is 1. The number of hydrogen-bond acceptors (Lipinski definition) is 11. The third-order valence-electron chi connectivity index (χ3n) is 6.09. The molecule has 3 aromatic rings. The topological polar surface area (TPSA) is 213 Å². The van der Waals surface area contributed by atoms with Gasteiger partial charge in [-0.25, -0.2) is 15.0 Å². The molecule has 2 fully saturated rings. The van der Waals surface area contributed by atoms with Crippen molar-refractivity contribution in [1.82, 2.24) is 29.0 Å². The zero-order valence-corrected chi connectivity index (χ0v) is 18.6. The number of fused-ring (bicyclic) bond motifs is 1. The first kappa shape index (κ1) is 22.9. The summed E-state index contributed by atoms with van der Waals surface area (Å²) in [5, 5.41) is 22.0. The van der Waals surface area contributed by atoms with Crippen molar-refractivity contribution >= 4 is 32.9 Å². The minimum absolute atomic E-state index is 0.114. The molecular formula is C19H24N8O6S. The van der Waals surface area contributed by atoms with Gasteiger partial charge in [-0.15, -0.1) is 0 Å². The van der Waals surface area contributed by atoms with Crippen LogP contribution >= 0.6 is 0 Å². The van der Waals surface area contributed by atoms with Gasteiger partial charge < -0.3 is 31.2 Å². The summed E-state index contributed by atoms with van der Waals surface area (Å²) in [7, 11) is -4.07. The van der Waals surface area contributed by atoms with E-state index in [2.05, 4.69) is 24.4 Å². The van der Waals surface area contributed by atoms with Gasteiger partial charge in [0.05, 0.1) is 26.1 Å². The molecule has 2 aromatic heterocycles. The van der Waals surface area contributed by atoms with Gasteiger partial charge in [0.1, 0.15) is 29.6 Å². The molecule has 34 heavy (non-hydrogen) atoms. The Bertz CT molecular complexity index is 1330. The number of aromatic nitrogens is 4. The second-order valence-corrected chi connectivity index (χ2v) is 9.83. The molecule has 0 radical (unpaired) electrons. The minimum Gasteiger partial charge on any atom is -0.398 e. The van der Waals surface area contributed by atoms with Crippen LogP contribution in [0.15, 0.2) is 36.9 Å². The van der Waals surface area contributed by atoms with Crippen molar-refractivity contribution in [2.45, 2.75) is 23.5 Å². The molecule has 0 spiro atoms. The van der Waals surface area contributed by atoms with Crippen molar-refractivity contribution in [3.8, 4) is 0 Å². The van der Waals surface area contributed by atoms with E-state index < -0.39 is 33.7 Å². The van der Waals surface area contributed by atoms with Gasteiger partial charge in [-0.3, -0.25) is 4.57 Å². The maximum atomic E-state index is 12.8. The molecule has 0 aliphatic carbocycles. The zero-order chi connectivity index (χ0) is 24.1. The van der Waals surface area contributed by atoms with E-state index in [4.69, 9.17) is 20.9 Å². The predicted octanol–water partition coefficient (Wildman–Crippen LogP) is -2.25. The summed E-state index contributed by atoms with van der Waals surface area (Å²) in [4.78, 5) is 12.0. The van der Waals surface area contributed by atoms with Crippen LogP contribution in [0.5, 0.6) is 0 Å². The summed E-state index contributed by atoms with van der Waals surface area (Å²) in [6.45, 7) is -0.419. The lowest BCUT2D eigenvalue weighted by Crippen LogP contribution is -2.62. The van der Waals surface area contributed by atoms with E-state index in [0.29, 0.717) is 11.3 Å². The van der Waals surface area contributed by atoms with Crippen molar-refractivity contribution < 1.29 is 28.1 Å². The van der Waals surface area contributed by atoms with Crippen LogP contribution in [0.4, 0.5) is 11.5 Å². The van der Waals surface area contributed by atoms with Crippen LogP contribution in [0.25, 0.3) is 11.2 Å². The van der Waals surface area contributed by atoms with Crippen LogP contribution in [0.1, 0.15) is 5.56 Å². The van der Waals surface area contributed by atoms with Gasteiger partial charge >= 0.3 is 0 Å². The first-order valence-corrected chi connectivity index (χ1v) is 11.8. The molecule has 15 heteroatoms. The van der Waals surface area contributed by atoms with E-state index >= 15 is 0 Å². The predicted molar refractivity (Wildman–Crippen MR) is 119 cm³/mol. The second kappa shape index (κ2) is 8.09. The Morgan fingerprint density at radius 1 is 1.18 bits per heavy atom. The van der Waals surface area contributed by atoms with Crippen LogP contribution < -0.4 is 20.9 Å². The van der Waals surface area contributed by atoms with E-state index in [0.717, 1.165) is 0 Å². The molecule has 2 aliphatic heterocycles. The summed E-state index contributed by atoms with van der Waals surface area (Å²) in [5.74, 6) is 0.115. The van der Waals surface area contributed by atoms with Gasteiger partial charge in [0.2, 0.25) is 0 Å². The molecule has 4 heterocycles. The standard InChI is InChI=1S/C19H24N8O6S/c20-12-4-2-1-3-11(12)18(6-32-7-18)26-34(30,31)25-5-13-15(28)19(29,8-33-13)27-10-24-14-16(21)22-9-23-17(14)27/h1-4,9-10,13,15,25-26,28-29H,5-8,20H2,(H2,21,22,23)/t13-,15-,19-/m1/s1. The molecule has 0 unspecified atom stereocenters. The average Bonchev–Trinajstić information content (AvgIpc) is 3.34. The highest BCUT2D eigenvalue weighted by atomic mass is 32.2. The maximum absolute atomic E-state index is 12.8. The molecule has 3 atom stereocenters. The smallest absolute Gasteiger partial charge is 0.277 e. The first-order valence-electron chi connectivity index (χ1n) is 10.3. The number of rotatable bonds is 7. The van der Waals surface area contributed by atoms with Crippen molar-refractivity contribution in [3.63, 3.8) is 0 Å². The quantitative estimate of drug-likeness (QED) is 0.194. The van der Waals surface area contributed by atoms with Crippen LogP contribution in [0, 0.1) is 0 Å². The minimum atomic E-state index is -4.07. The zero-order valence-electron chi connectivity index (χ0n) is 17.8. The highest BCUT2D eigenvalue weighted by Crippen LogP contribution is 2.34.